The van der Waals surface area contributed by atoms with E-state index in [1.807, 2.05) is 0 Å². The first-order valence-electron chi connectivity index (χ1n) is 3.72. The summed E-state index contributed by atoms with van der Waals surface area (Å²) in [5, 5.41) is 8.32. The van der Waals surface area contributed by atoms with E-state index in [9.17, 15) is 4.79 Å². The van der Waals surface area contributed by atoms with Gasteiger partial charge in [-0.05, 0) is 7.05 Å². The molecule has 0 aromatic carbocycles. The number of carbonyl (C=O) groups is 1. The summed E-state index contributed by atoms with van der Waals surface area (Å²) in [5.41, 5.74) is 0.483. The van der Waals surface area contributed by atoms with Gasteiger partial charge in [-0.3, -0.25) is 10.1 Å². The maximum Gasteiger partial charge on any atom is 0.239 e. The molecule has 0 saturated heterocycles. The lowest BCUT2D eigenvalue weighted by Gasteiger charge is -2.08. The smallest absolute Gasteiger partial charge is 0.239 e. The zero-order chi connectivity index (χ0) is 9.14. The van der Waals surface area contributed by atoms with Gasteiger partial charge in [0.25, 0.3) is 0 Å². The molecular formula is C7H13N3O2. The van der Waals surface area contributed by atoms with Gasteiger partial charge < -0.3 is 15.4 Å². The molecule has 3 N–H and O–H groups in total. The van der Waals surface area contributed by atoms with Crippen LogP contribution < -0.4 is 16.0 Å². The molecule has 0 amide bonds. The average Bonchev–Trinajstić information content (AvgIpc) is 2.41. The minimum Gasteiger partial charge on any atom is -0.451 e. The van der Waals surface area contributed by atoms with E-state index in [4.69, 9.17) is 4.74 Å². The van der Waals surface area contributed by atoms with Crippen molar-refractivity contribution in [1.82, 2.24) is 16.0 Å². The van der Waals surface area contributed by atoms with Crippen LogP contribution in [-0.2, 0) is 9.53 Å². The van der Waals surface area contributed by atoms with Gasteiger partial charge in [0.2, 0.25) is 17.9 Å². The third-order valence-corrected chi connectivity index (χ3v) is 1.69. The summed E-state index contributed by atoms with van der Waals surface area (Å²) >= 11 is 0. The van der Waals surface area contributed by atoms with Crippen molar-refractivity contribution in [3.05, 3.63) is 11.6 Å². The number of carbonyl (C=O) groups excluding carboxylic acids is 1. The lowest BCUT2D eigenvalue weighted by atomic mass is 10.3. The second kappa shape index (κ2) is 3.44. The van der Waals surface area contributed by atoms with Crippen LogP contribution in [0.25, 0.3) is 0 Å². The third-order valence-electron chi connectivity index (χ3n) is 1.69. The Labute approximate surface area is 71.2 Å². The van der Waals surface area contributed by atoms with Gasteiger partial charge >= 0.3 is 0 Å². The van der Waals surface area contributed by atoms with Crippen molar-refractivity contribution in [2.75, 3.05) is 21.1 Å². The van der Waals surface area contributed by atoms with Gasteiger partial charge in [-0.25, -0.2) is 0 Å². The molecule has 0 radical (unpaired) electrons. The Morgan fingerprint density at radius 3 is 2.25 bits per heavy atom. The summed E-state index contributed by atoms with van der Waals surface area (Å²) in [6, 6.07) is 0. The first-order chi connectivity index (χ1) is 5.74. The van der Waals surface area contributed by atoms with Gasteiger partial charge in [0.1, 0.15) is 5.70 Å². The third kappa shape index (κ3) is 1.23. The van der Waals surface area contributed by atoms with E-state index in [-0.39, 0.29) is 5.78 Å². The summed E-state index contributed by atoms with van der Waals surface area (Å²) < 4.78 is 5.22. The van der Waals surface area contributed by atoms with Crippen LogP contribution in [-0.4, -0.2) is 33.2 Å². The summed E-state index contributed by atoms with van der Waals surface area (Å²) in [5.74, 6) is 0.409. The number of ether oxygens (including phenoxy) is 1. The van der Waals surface area contributed by atoms with E-state index < -0.39 is 6.23 Å². The second-order valence-corrected chi connectivity index (χ2v) is 2.35. The molecule has 5 nitrogen and oxygen atoms in total. The standard InChI is InChI=1S/C7H13N3O2/c1-8-4-5(11)7(10-3)12-6(4)9-2/h7-10H,1-3H3. The molecule has 0 aromatic heterocycles. The molecule has 1 rings (SSSR count). The van der Waals surface area contributed by atoms with E-state index in [2.05, 4.69) is 16.0 Å². The number of Topliss-reactive ketones (excluding diaryl/α,β-unsaturated/α-hetero) is 1. The molecule has 0 bridgehead atoms. The SMILES string of the molecule is CNC1=C(NC)C(=O)C(NC)O1. The van der Waals surface area contributed by atoms with Crippen molar-refractivity contribution in [3.63, 3.8) is 0 Å². The molecule has 1 atom stereocenters. The number of likely N-dealkylation sites (N-methyl/N-ethyl adjacent to an activating group) is 2. The van der Waals surface area contributed by atoms with E-state index in [1.54, 1.807) is 21.1 Å². The minimum atomic E-state index is -0.560. The molecule has 0 saturated carbocycles. The lowest BCUT2D eigenvalue weighted by Crippen LogP contribution is -2.34. The lowest BCUT2D eigenvalue weighted by molar-refractivity contribution is -0.122. The van der Waals surface area contributed by atoms with Gasteiger partial charge in [-0.15, -0.1) is 0 Å². The average molecular weight is 171 g/mol. The molecule has 0 aliphatic carbocycles. The van der Waals surface area contributed by atoms with Crippen LogP contribution in [0.15, 0.2) is 11.6 Å². The molecule has 0 fully saturated rings. The summed E-state index contributed by atoms with van der Waals surface area (Å²) in [6.07, 6.45) is -0.560. The summed E-state index contributed by atoms with van der Waals surface area (Å²) in [6.45, 7) is 0. The zero-order valence-electron chi connectivity index (χ0n) is 7.39. The van der Waals surface area contributed by atoms with Crippen LogP contribution in [0.4, 0.5) is 0 Å². The monoisotopic (exact) mass is 171 g/mol. The Bertz CT molecular complexity index is 225. The first-order valence-corrected chi connectivity index (χ1v) is 3.72. The van der Waals surface area contributed by atoms with E-state index in [0.29, 0.717) is 11.6 Å². The molecule has 1 unspecified atom stereocenters. The van der Waals surface area contributed by atoms with Crippen LogP contribution in [0.5, 0.6) is 0 Å². The van der Waals surface area contributed by atoms with Crippen molar-refractivity contribution in [2.24, 2.45) is 0 Å². The first kappa shape index (κ1) is 8.86. The predicted molar refractivity (Wildman–Crippen MR) is 44.1 cm³/mol. The molecule has 5 heteroatoms. The van der Waals surface area contributed by atoms with Crippen LogP contribution in [0, 0.1) is 0 Å². The molecule has 68 valence electrons. The number of rotatable bonds is 3. The van der Waals surface area contributed by atoms with Crippen molar-refractivity contribution < 1.29 is 9.53 Å². The number of hydrogen-bond acceptors (Lipinski definition) is 5. The summed E-state index contributed by atoms with van der Waals surface area (Å²) in [7, 11) is 5.07. The maximum absolute atomic E-state index is 11.4. The largest absolute Gasteiger partial charge is 0.451 e. The Morgan fingerprint density at radius 1 is 1.25 bits per heavy atom. The Kier molecular flexibility index (Phi) is 2.54. The van der Waals surface area contributed by atoms with Crippen molar-refractivity contribution in [3.8, 4) is 0 Å². The number of nitrogens with one attached hydrogen (secondary N) is 3. The van der Waals surface area contributed by atoms with Crippen LogP contribution in [0.2, 0.25) is 0 Å². The van der Waals surface area contributed by atoms with Gasteiger partial charge in [-0.2, -0.15) is 0 Å². The number of ketones is 1. The highest BCUT2D eigenvalue weighted by atomic mass is 16.5. The van der Waals surface area contributed by atoms with E-state index >= 15 is 0 Å². The molecule has 12 heavy (non-hydrogen) atoms. The summed E-state index contributed by atoms with van der Waals surface area (Å²) in [4.78, 5) is 11.4. The van der Waals surface area contributed by atoms with Gasteiger partial charge in [0.05, 0.1) is 0 Å². The fraction of sp³-hybridized carbons (Fsp3) is 0.571. The molecule has 1 aliphatic rings. The highest BCUT2D eigenvalue weighted by Crippen LogP contribution is 2.14. The van der Waals surface area contributed by atoms with Gasteiger partial charge in [0, 0.05) is 14.1 Å². The van der Waals surface area contributed by atoms with Crippen molar-refractivity contribution >= 4 is 5.78 Å². The topological polar surface area (TPSA) is 62.4 Å². The maximum atomic E-state index is 11.4. The highest BCUT2D eigenvalue weighted by Gasteiger charge is 2.32. The van der Waals surface area contributed by atoms with Gasteiger partial charge in [0.15, 0.2) is 0 Å². The fourth-order valence-corrected chi connectivity index (χ4v) is 1.08. The van der Waals surface area contributed by atoms with E-state index in [0.717, 1.165) is 0 Å². The van der Waals surface area contributed by atoms with Crippen LogP contribution in [0.3, 0.4) is 0 Å². The van der Waals surface area contributed by atoms with E-state index in [1.165, 1.54) is 0 Å². The van der Waals surface area contributed by atoms with Crippen molar-refractivity contribution in [1.29, 1.82) is 0 Å². The molecule has 1 aliphatic heterocycles. The minimum absolute atomic E-state index is 0.0793. The number of hydrogen-bond donors (Lipinski definition) is 3. The zero-order valence-corrected chi connectivity index (χ0v) is 7.39. The highest BCUT2D eigenvalue weighted by molar-refractivity contribution is 6.00. The van der Waals surface area contributed by atoms with Gasteiger partial charge in [-0.1, -0.05) is 0 Å². The normalized spacial score (nSPS) is 22.6. The van der Waals surface area contributed by atoms with Crippen molar-refractivity contribution in [2.45, 2.75) is 6.23 Å². The Hall–Kier alpha value is -1.23. The quantitative estimate of drug-likeness (QED) is 0.494. The molecular weight excluding hydrogens is 158 g/mol. The molecule has 0 spiro atoms. The Morgan fingerprint density at radius 2 is 1.92 bits per heavy atom. The fourth-order valence-electron chi connectivity index (χ4n) is 1.08. The van der Waals surface area contributed by atoms with Crippen LogP contribution >= 0.6 is 0 Å². The Balaban J connectivity index is 2.82. The molecule has 0 aromatic rings. The molecule has 1 heterocycles. The van der Waals surface area contributed by atoms with Crippen LogP contribution in [0.1, 0.15) is 0 Å². The predicted octanol–water partition coefficient (Wildman–Crippen LogP) is -1.26. The second-order valence-electron chi connectivity index (χ2n) is 2.35.